The third-order valence-electron chi connectivity index (χ3n) is 2.87. The third kappa shape index (κ3) is 6.60. The molecular weight excluding hydrogens is 274 g/mol. The number of hydrogen-bond acceptors (Lipinski definition) is 2. The van der Waals surface area contributed by atoms with Crippen molar-refractivity contribution in [2.75, 3.05) is 26.4 Å². The highest BCUT2D eigenvalue weighted by atomic mass is 35.5. The lowest BCUT2D eigenvalue weighted by atomic mass is 10.1. The summed E-state index contributed by atoms with van der Waals surface area (Å²) >= 11 is 6.18. The average molecular weight is 301 g/mol. The fourth-order valence-corrected chi connectivity index (χ4v) is 2.34. The number of benzene rings is 1. The second-order valence-corrected chi connectivity index (χ2v) is 6.62. The first kappa shape index (κ1) is 17.3. The van der Waals surface area contributed by atoms with Crippen molar-refractivity contribution >= 4 is 11.6 Å². The van der Waals surface area contributed by atoms with Crippen LogP contribution in [0.5, 0.6) is 5.75 Å². The predicted octanol–water partition coefficient (Wildman–Crippen LogP) is 2.71. The molecule has 0 radical (unpaired) electrons. The lowest BCUT2D eigenvalue weighted by Gasteiger charge is -2.16. The van der Waals surface area contributed by atoms with Crippen molar-refractivity contribution < 1.29 is 14.8 Å². The highest BCUT2D eigenvalue weighted by Crippen LogP contribution is 2.29. The van der Waals surface area contributed by atoms with E-state index in [2.05, 4.69) is 32.2 Å². The molecule has 3 nitrogen and oxygen atoms in total. The fourth-order valence-electron chi connectivity index (χ4n) is 1.97. The molecule has 0 aliphatic carbocycles. The molecule has 0 aromatic heterocycles. The molecule has 0 aliphatic rings. The van der Waals surface area contributed by atoms with Gasteiger partial charge in [0.2, 0.25) is 0 Å². The first-order valence-corrected chi connectivity index (χ1v) is 7.49. The van der Waals surface area contributed by atoms with Crippen LogP contribution >= 0.6 is 11.6 Å². The van der Waals surface area contributed by atoms with Crippen LogP contribution in [0.2, 0.25) is 5.02 Å². The van der Waals surface area contributed by atoms with Crippen molar-refractivity contribution in [1.82, 2.24) is 0 Å². The van der Waals surface area contributed by atoms with Crippen LogP contribution in [0.1, 0.15) is 31.9 Å². The van der Waals surface area contributed by atoms with Gasteiger partial charge in [0.05, 0.1) is 30.3 Å². The smallest absolute Gasteiger partial charge is 0.140 e. The Morgan fingerprint density at radius 2 is 1.80 bits per heavy atom. The van der Waals surface area contributed by atoms with Gasteiger partial charge in [0.25, 0.3) is 0 Å². The van der Waals surface area contributed by atoms with E-state index >= 15 is 0 Å². The van der Waals surface area contributed by atoms with E-state index in [-0.39, 0.29) is 5.54 Å². The summed E-state index contributed by atoms with van der Waals surface area (Å²) in [6.45, 7) is 13.4. The average Bonchev–Trinajstić information content (AvgIpc) is 2.29. The standard InChI is InChI=1S/C16H26ClNO2/c1-12-10-13(2)15(14(17)11-12)20-9-8-19-7-6-18-16(3,4)5/h10-11,18H,6-9H2,1-5H3/p+1. The van der Waals surface area contributed by atoms with Gasteiger partial charge in [0, 0.05) is 0 Å². The van der Waals surface area contributed by atoms with Crippen molar-refractivity contribution in [2.45, 2.75) is 40.2 Å². The van der Waals surface area contributed by atoms with E-state index in [0.29, 0.717) is 18.2 Å². The molecule has 0 saturated heterocycles. The Hall–Kier alpha value is -0.770. The highest BCUT2D eigenvalue weighted by molar-refractivity contribution is 6.32. The van der Waals surface area contributed by atoms with Crippen molar-refractivity contribution in [3.05, 3.63) is 28.3 Å². The molecule has 0 unspecified atom stereocenters. The van der Waals surface area contributed by atoms with Crippen molar-refractivity contribution in [1.29, 1.82) is 0 Å². The second kappa shape index (κ2) is 7.87. The minimum atomic E-state index is 0.256. The number of quaternary nitrogens is 1. The van der Waals surface area contributed by atoms with Gasteiger partial charge in [-0.25, -0.2) is 0 Å². The van der Waals surface area contributed by atoms with Crippen LogP contribution in [0.25, 0.3) is 0 Å². The molecule has 1 aromatic rings. The Labute approximate surface area is 127 Å². The molecule has 0 aliphatic heterocycles. The zero-order chi connectivity index (χ0) is 15.2. The normalized spacial score (nSPS) is 11.7. The van der Waals surface area contributed by atoms with E-state index < -0.39 is 0 Å². The SMILES string of the molecule is Cc1cc(C)c(OCCOCC[NH2+]C(C)(C)C)c(Cl)c1. The monoisotopic (exact) mass is 300 g/mol. The van der Waals surface area contributed by atoms with Crippen molar-refractivity contribution in [2.24, 2.45) is 0 Å². The first-order chi connectivity index (χ1) is 9.29. The van der Waals surface area contributed by atoms with Crippen LogP contribution in [0.4, 0.5) is 0 Å². The zero-order valence-electron chi connectivity index (χ0n) is 13.3. The molecule has 0 bridgehead atoms. The van der Waals surface area contributed by atoms with E-state index in [1.807, 2.05) is 19.9 Å². The topological polar surface area (TPSA) is 35.1 Å². The highest BCUT2D eigenvalue weighted by Gasteiger charge is 2.11. The van der Waals surface area contributed by atoms with Gasteiger partial charge in [0.1, 0.15) is 12.4 Å². The molecule has 0 atom stereocenters. The van der Waals surface area contributed by atoms with Gasteiger partial charge in [-0.1, -0.05) is 17.7 Å². The minimum Gasteiger partial charge on any atom is -0.489 e. The van der Waals surface area contributed by atoms with Crippen LogP contribution in [-0.4, -0.2) is 31.9 Å². The molecule has 0 heterocycles. The largest absolute Gasteiger partial charge is 0.489 e. The van der Waals surface area contributed by atoms with Crippen molar-refractivity contribution in [3.8, 4) is 5.75 Å². The number of halogens is 1. The molecule has 1 aromatic carbocycles. The van der Waals surface area contributed by atoms with Crippen LogP contribution in [0.15, 0.2) is 12.1 Å². The number of ether oxygens (including phenoxy) is 2. The molecule has 0 spiro atoms. The number of hydrogen-bond donors (Lipinski definition) is 1. The zero-order valence-corrected chi connectivity index (χ0v) is 14.0. The molecule has 0 fully saturated rings. The Morgan fingerprint density at radius 3 is 2.40 bits per heavy atom. The van der Waals surface area contributed by atoms with Crippen LogP contribution in [-0.2, 0) is 4.74 Å². The number of nitrogens with two attached hydrogens (primary N) is 1. The van der Waals surface area contributed by atoms with Gasteiger partial charge in [-0.2, -0.15) is 0 Å². The molecule has 4 heteroatoms. The van der Waals surface area contributed by atoms with Crippen LogP contribution in [0.3, 0.4) is 0 Å². The van der Waals surface area contributed by atoms with E-state index in [9.17, 15) is 0 Å². The maximum absolute atomic E-state index is 6.18. The van der Waals surface area contributed by atoms with Crippen LogP contribution in [0, 0.1) is 13.8 Å². The van der Waals surface area contributed by atoms with E-state index in [4.69, 9.17) is 21.1 Å². The summed E-state index contributed by atoms with van der Waals surface area (Å²) in [5, 5.41) is 2.94. The summed E-state index contributed by atoms with van der Waals surface area (Å²) in [4.78, 5) is 0. The molecule has 114 valence electrons. The second-order valence-electron chi connectivity index (χ2n) is 6.21. The molecule has 2 N–H and O–H groups in total. The number of rotatable bonds is 7. The Kier molecular flexibility index (Phi) is 6.80. The quantitative estimate of drug-likeness (QED) is 0.786. The predicted molar refractivity (Wildman–Crippen MR) is 83.8 cm³/mol. The maximum atomic E-state index is 6.18. The summed E-state index contributed by atoms with van der Waals surface area (Å²) in [7, 11) is 0. The van der Waals surface area contributed by atoms with Gasteiger partial charge in [-0.15, -0.1) is 0 Å². The summed E-state index contributed by atoms with van der Waals surface area (Å²) in [5.74, 6) is 0.766. The summed E-state index contributed by atoms with van der Waals surface area (Å²) in [6, 6.07) is 3.99. The van der Waals surface area contributed by atoms with Gasteiger partial charge in [-0.3, -0.25) is 0 Å². The molecule has 1 rings (SSSR count). The Bertz CT molecular complexity index is 404. The lowest BCUT2D eigenvalue weighted by Crippen LogP contribution is -2.95. The third-order valence-corrected chi connectivity index (χ3v) is 3.15. The van der Waals surface area contributed by atoms with Gasteiger partial charge in [-0.05, 0) is 51.8 Å². The van der Waals surface area contributed by atoms with Gasteiger partial charge < -0.3 is 14.8 Å². The van der Waals surface area contributed by atoms with Crippen LogP contribution < -0.4 is 10.1 Å². The fraction of sp³-hybridized carbons (Fsp3) is 0.625. The van der Waals surface area contributed by atoms with E-state index in [1.54, 1.807) is 0 Å². The van der Waals surface area contributed by atoms with Crippen molar-refractivity contribution in [3.63, 3.8) is 0 Å². The summed E-state index contributed by atoms with van der Waals surface area (Å²) < 4.78 is 11.3. The Balaban J connectivity index is 2.22. The van der Waals surface area contributed by atoms with Gasteiger partial charge >= 0.3 is 0 Å². The Morgan fingerprint density at radius 1 is 1.10 bits per heavy atom. The first-order valence-electron chi connectivity index (χ1n) is 7.11. The molecular formula is C16H27ClNO2+. The lowest BCUT2D eigenvalue weighted by molar-refractivity contribution is -0.718. The van der Waals surface area contributed by atoms with E-state index in [1.165, 1.54) is 0 Å². The summed E-state index contributed by atoms with van der Waals surface area (Å²) in [5.41, 5.74) is 2.47. The van der Waals surface area contributed by atoms with E-state index in [0.717, 1.165) is 30.0 Å². The maximum Gasteiger partial charge on any atom is 0.140 e. The molecule has 0 saturated carbocycles. The minimum absolute atomic E-state index is 0.256. The number of aryl methyl sites for hydroxylation is 2. The van der Waals surface area contributed by atoms with Gasteiger partial charge in [0.15, 0.2) is 0 Å². The summed E-state index contributed by atoms with van der Waals surface area (Å²) in [6.07, 6.45) is 0. The molecule has 0 amide bonds. The molecule has 20 heavy (non-hydrogen) atoms.